The van der Waals surface area contributed by atoms with Gasteiger partial charge >= 0.3 is 0 Å². The second-order valence-corrected chi connectivity index (χ2v) is 12.0. The molecule has 3 nitrogen and oxygen atoms in total. The van der Waals surface area contributed by atoms with Crippen LogP contribution < -0.4 is 0 Å². The topological polar surface area (TPSA) is 37.6 Å². The summed E-state index contributed by atoms with van der Waals surface area (Å²) in [7, 11) is 0. The number of benzene rings is 5. The van der Waals surface area contributed by atoms with Crippen molar-refractivity contribution in [3.8, 4) is 22.3 Å². The molecule has 224 valence electrons. The maximum absolute atomic E-state index is 5.23. The zero-order valence-corrected chi connectivity index (χ0v) is 26.1. The van der Waals surface area contributed by atoms with Gasteiger partial charge in [-0.3, -0.25) is 4.98 Å². The van der Waals surface area contributed by atoms with E-state index in [4.69, 9.17) is 9.98 Å². The number of allylic oxidation sites excluding steroid dienone is 5. The van der Waals surface area contributed by atoms with Gasteiger partial charge < -0.3 is 0 Å². The van der Waals surface area contributed by atoms with Crippen LogP contribution in [0.5, 0.6) is 0 Å². The molecule has 2 heterocycles. The fraction of sp³-hybridized carbons (Fsp3) is 0.0682. The van der Waals surface area contributed by atoms with Crippen LogP contribution in [0.1, 0.15) is 41.5 Å². The Kier molecular flexibility index (Phi) is 7.78. The average Bonchev–Trinajstić information content (AvgIpc) is 3.39. The van der Waals surface area contributed by atoms with Crippen molar-refractivity contribution in [1.29, 1.82) is 0 Å². The average molecular weight is 604 g/mol. The Morgan fingerprint density at radius 3 is 2.00 bits per heavy atom. The molecular formula is C44H33N3. The fourth-order valence-electron chi connectivity index (χ4n) is 6.30. The number of amidine groups is 1. The minimum Gasteiger partial charge on any atom is -0.264 e. The Labute approximate surface area is 275 Å². The summed E-state index contributed by atoms with van der Waals surface area (Å²) in [6, 6.07) is 45.1. The monoisotopic (exact) mass is 603 g/mol. The molecule has 0 amide bonds. The zero-order valence-electron chi connectivity index (χ0n) is 26.1. The second kappa shape index (κ2) is 12.8. The van der Waals surface area contributed by atoms with Gasteiger partial charge in [-0.2, -0.15) is 0 Å². The summed E-state index contributed by atoms with van der Waals surface area (Å²) in [5, 5.41) is 2.48. The minimum atomic E-state index is 0.677. The Bertz CT molecular complexity index is 2230. The van der Waals surface area contributed by atoms with Crippen LogP contribution in [-0.4, -0.2) is 16.5 Å². The van der Waals surface area contributed by atoms with Crippen LogP contribution in [0, 0.1) is 0 Å². The maximum Gasteiger partial charge on any atom is 0.160 e. The van der Waals surface area contributed by atoms with Crippen molar-refractivity contribution in [2.45, 2.75) is 19.3 Å². The van der Waals surface area contributed by atoms with E-state index in [1.165, 1.54) is 33.0 Å². The maximum atomic E-state index is 5.23. The third kappa shape index (κ3) is 6.16. The third-order valence-corrected chi connectivity index (χ3v) is 8.88. The first kappa shape index (κ1) is 28.5. The van der Waals surface area contributed by atoms with Crippen LogP contribution >= 0.6 is 0 Å². The van der Waals surface area contributed by atoms with Crippen LogP contribution in [0.3, 0.4) is 0 Å². The quantitative estimate of drug-likeness (QED) is 0.187. The summed E-state index contributed by atoms with van der Waals surface area (Å²) in [6.07, 6.45) is 15.6. The Morgan fingerprint density at radius 1 is 0.468 bits per heavy atom. The predicted molar refractivity (Wildman–Crippen MR) is 198 cm³/mol. The van der Waals surface area contributed by atoms with E-state index in [-0.39, 0.29) is 0 Å². The number of aliphatic imine (C=N–C) groups is 2. The highest BCUT2D eigenvalue weighted by Crippen LogP contribution is 2.30. The van der Waals surface area contributed by atoms with Crippen molar-refractivity contribution >= 4 is 33.6 Å². The molecule has 1 aliphatic heterocycles. The molecule has 0 spiro atoms. The van der Waals surface area contributed by atoms with Gasteiger partial charge in [0.1, 0.15) is 0 Å². The lowest BCUT2D eigenvalue weighted by Crippen LogP contribution is -2.05. The van der Waals surface area contributed by atoms with E-state index in [0.29, 0.717) is 12.3 Å². The van der Waals surface area contributed by atoms with Crippen LogP contribution in [0.25, 0.3) is 44.3 Å². The van der Waals surface area contributed by atoms with E-state index in [0.717, 1.165) is 52.1 Å². The van der Waals surface area contributed by atoms with Crippen LogP contribution in [-0.2, 0) is 0 Å². The van der Waals surface area contributed by atoms with Crippen molar-refractivity contribution in [3.63, 3.8) is 0 Å². The molecule has 5 aromatic carbocycles. The molecule has 47 heavy (non-hydrogen) atoms. The van der Waals surface area contributed by atoms with E-state index in [1.807, 2.05) is 12.3 Å². The van der Waals surface area contributed by atoms with Crippen LogP contribution in [0.4, 0.5) is 0 Å². The van der Waals surface area contributed by atoms with Gasteiger partial charge in [0, 0.05) is 35.5 Å². The van der Waals surface area contributed by atoms with E-state index >= 15 is 0 Å². The van der Waals surface area contributed by atoms with Crippen LogP contribution in [0.15, 0.2) is 174 Å². The normalized spacial score (nSPS) is 14.6. The fourth-order valence-corrected chi connectivity index (χ4v) is 6.30. The standard InChI is InChI=1S/C44H33N3/c1-2-8-31(9-3-1)33-15-20-35(21-16-33)42-25-26-43(40-13-6-12-38(29-40)41-14-7-27-45-30-41)47-44(46-42)36-22-17-34(18-23-36)39-24-19-32-10-4-5-11-37(32)28-39/h2,4-24,26-30H,1,3,25H2. The lowest BCUT2D eigenvalue weighted by molar-refractivity contribution is 1.04. The molecule has 0 unspecified atom stereocenters. The minimum absolute atomic E-state index is 0.677. The first-order valence-corrected chi connectivity index (χ1v) is 16.2. The first-order chi connectivity index (χ1) is 23.3. The lowest BCUT2D eigenvalue weighted by Gasteiger charge is -2.10. The van der Waals surface area contributed by atoms with Gasteiger partial charge in [0.2, 0.25) is 0 Å². The second-order valence-electron chi connectivity index (χ2n) is 12.0. The van der Waals surface area contributed by atoms with Gasteiger partial charge in [0.25, 0.3) is 0 Å². The molecule has 6 aromatic rings. The number of pyridine rings is 1. The van der Waals surface area contributed by atoms with Crippen molar-refractivity contribution in [3.05, 3.63) is 186 Å². The molecule has 8 rings (SSSR count). The zero-order chi connectivity index (χ0) is 31.4. The summed E-state index contributed by atoms with van der Waals surface area (Å²) in [5.74, 6) is 0.711. The summed E-state index contributed by atoms with van der Waals surface area (Å²) in [4.78, 5) is 14.8. The molecule has 0 fully saturated rings. The molecule has 2 aliphatic rings. The number of aromatic nitrogens is 1. The largest absolute Gasteiger partial charge is 0.264 e. The number of hydrogen-bond acceptors (Lipinski definition) is 3. The summed E-state index contributed by atoms with van der Waals surface area (Å²) >= 11 is 0. The van der Waals surface area contributed by atoms with E-state index in [2.05, 4.69) is 151 Å². The number of hydrogen-bond donors (Lipinski definition) is 0. The highest BCUT2D eigenvalue weighted by Gasteiger charge is 2.15. The van der Waals surface area contributed by atoms with Crippen molar-refractivity contribution in [2.75, 3.05) is 0 Å². The van der Waals surface area contributed by atoms with Crippen molar-refractivity contribution in [1.82, 2.24) is 4.98 Å². The van der Waals surface area contributed by atoms with Gasteiger partial charge in [-0.15, -0.1) is 0 Å². The predicted octanol–water partition coefficient (Wildman–Crippen LogP) is 11.0. The lowest BCUT2D eigenvalue weighted by atomic mass is 9.97. The molecule has 0 N–H and O–H groups in total. The third-order valence-electron chi connectivity index (χ3n) is 8.88. The van der Waals surface area contributed by atoms with Gasteiger partial charge in [-0.05, 0) is 75.2 Å². The van der Waals surface area contributed by atoms with Gasteiger partial charge in [0.05, 0.1) is 11.4 Å². The number of rotatable bonds is 6. The van der Waals surface area contributed by atoms with Crippen LogP contribution in [0.2, 0.25) is 0 Å². The van der Waals surface area contributed by atoms with E-state index in [9.17, 15) is 0 Å². The van der Waals surface area contributed by atoms with Gasteiger partial charge in [-0.25, -0.2) is 9.98 Å². The molecule has 0 bridgehead atoms. The summed E-state index contributed by atoms with van der Waals surface area (Å²) < 4.78 is 0. The summed E-state index contributed by atoms with van der Waals surface area (Å²) in [6.45, 7) is 0. The first-order valence-electron chi connectivity index (χ1n) is 16.2. The Morgan fingerprint density at radius 2 is 1.19 bits per heavy atom. The van der Waals surface area contributed by atoms with Crippen molar-refractivity contribution in [2.24, 2.45) is 9.98 Å². The Hall–Kier alpha value is -5.93. The molecule has 3 heteroatoms. The molecule has 0 saturated carbocycles. The molecule has 1 aromatic heterocycles. The highest BCUT2D eigenvalue weighted by atomic mass is 14.9. The van der Waals surface area contributed by atoms with Gasteiger partial charge in [-0.1, -0.05) is 133 Å². The number of nitrogens with zero attached hydrogens (tertiary/aromatic N) is 3. The summed E-state index contributed by atoms with van der Waals surface area (Å²) in [5.41, 5.74) is 12.1. The van der Waals surface area contributed by atoms with Gasteiger partial charge in [0.15, 0.2) is 5.84 Å². The smallest absolute Gasteiger partial charge is 0.160 e. The molecule has 1 aliphatic carbocycles. The van der Waals surface area contributed by atoms with E-state index in [1.54, 1.807) is 6.20 Å². The highest BCUT2D eigenvalue weighted by molar-refractivity contribution is 6.15. The SMILES string of the molecule is C1=CC(c2ccc(C3=NC(c4ccc(-c5ccc6ccccc6c5)cc4)=NC(c4cccc(-c5cccnc5)c4)=CC3)cc2)=CCC1. The Balaban J connectivity index is 1.17. The molecular weight excluding hydrogens is 571 g/mol. The molecule has 0 saturated heterocycles. The van der Waals surface area contributed by atoms with E-state index < -0.39 is 0 Å². The number of fused-ring (bicyclic) bond motifs is 1. The molecule has 0 atom stereocenters. The van der Waals surface area contributed by atoms with Crippen molar-refractivity contribution < 1.29 is 0 Å². The molecule has 0 radical (unpaired) electrons.